The lowest BCUT2D eigenvalue weighted by Gasteiger charge is -2.38. The lowest BCUT2D eigenvalue weighted by atomic mass is 9.93. The predicted molar refractivity (Wildman–Crippen MR) is 53.3 cm³/mol. The van der Waals surface area contributed by atoms with Crippen LogP contribution in [0.3, 0.4) is 0 Å². The number of hydrogen-bond donors (Lipinski definition) is 1. The van der Waals surface area contributed by atoms with Gasteiger partial charge in [-0.15, -0.1) is 0 Å². The molecule has 82 valence electrons. The van der Waals surface area contributed by atoms with E-state index in [1.165, 1.54) is 0 Å². The highest BCUT2D eigenvalue weighted by Crippen LogP contribution is 2.25. The molecule has 0 radical (unpaired) electrons. The van der Waals surface area contributed by atoms with Gasteiger partial charge in [0.05, 0.1) is 12.1 Å². The minimum absolute atomic E-state index is 0.0379. The molecule has 4 nitrogen and oxygen atoms in total. The van der Waals surface area contributed by atoms with Crippen molar-refractivity contribution >= 4 is 5.97 Å². The van der Waals surface area contributed by atoms with E-state index in [0.717, 1.165) is 32.5 Å². The third-order valence-corrected chi connectivity index (χ3v) is 2.77. The van der Waals surface area contributed by atoms with E-state index in [-0.39, 0.29) is 12.1 Å². The Labute approximate surface area is 84.8 Å². The highest BCUT2D eigenvalue weighted by atomic mass is 16.5. The molecule has 0 aliphatic carbocycles. The number of likely N-dealkylation sites (tertiary alicyclic amines) is 1. The minimum Gasteiger partial charge on any atom is -0.480 e. The summed E-state index contributed by atoms with van der Waals surface area (Å²) in [6.45, 7) is 6.63. The molecule has 1 saturated heterocycles. The molecule has 1 N–H and O–H groups in total. The summed E-state index contributed by atoms with van der Waals surface area (Å²) >= 11 is 0. The summed E-state index contributed by atoms with van der Waals surface area (Å²) in [5.74, 6) is -0.745. The van der Waals surface area contributed by atoms with Crippen molar-refractivity contribution in [2.75, 3.05) is 26.2 Å². The van der Waals surface area contributed by atoms with Crippen molar-refractivity contribution < 1.29 is 14.6 Å². The number of piperidine rings is 1. The Kier molecular flexibility index (Phi) is 3.89. The Balaban J connectivity index is 2.33. The van der Waals surface area contributed by atoms with Gasteiger partial charge in [-0.05, 0) is 26.7 Å². The molecule has 0 aromatic carbocycles. The summed E-state index contributed by atoms with van der Waals surface area (Å²) in [6.07, 6.45) is 1.85. The van der Waals surface area contributed by atoms with E-state index in [9.17, 15) is 4.79 Å². The maximum atomic E-state index is 10.5. The fourth-order valence-electron chi connectivity index (χ4n) is 1.87. The Hall–Kier alpha value is -0.610. The fourth-order valence-corrected chi connectivity index (χ4v) is 1.87. The van der Waals surface area contributed by atoms with Crippen LogP contribution in [0, 0.1) is 0 Å². The average molecular weight is 201 g/mol. The smallest absolute Gasteiger partial charge is 0.317 e. The molecule has 4 heteroatoms. The fraction of sp³-hybridized carbons (Fsp3) is 0.900. The number of rotatable bonds is 4. The maximum absolute atomic E-state index is 10.5. The molecule has 1 fully saturated rings. The largest absolute Gasteiger partial charge is 0.480 e. The minimum atomic E-state index is -0.745. The Bertz CT molecular complexity index is 198. The zero-order valence-electron chi connectivity index (χ0n) is 8.95. The summed E-state index contributed by atoms with van der Waals surface area (Å²) in [5, 5.41) is 8.63. The van der Waals surface area contributed by atoms with Crippen molar-refractivity contribution in [2.24, 2.45) is 0 Å². The summed E-state index contributed by atoms with van der Waals surface area (Å²) in [7, 11) is 0. The van der Waals surface area contributed by atoms with Gasteiger partial charge in [0.15, 0.2) is 0 Å². The van der Waals surface area contributed by atoms with Crippen LogP contribution in [0.5, 0.6) is 0 Å². The van der Waals surface area contributed by atoms with Gasteiger partial charge in [-0.3, -0.25) is 9.69 Å². The van der Waals surface area contributed by atoms with Crippen LogP contribution < -0.4 is 0 Å². The summed E-state index contributed by atoms with van der Waals surface area (Å²) < 4.78 is 5.65. The zero-order valence-corrected chi connectivity index (χ0v) is 8.95. The first-order valence-corrected chi connectivity index (χ1v) is 5.14. The van der Waals surface area contributed by atoms with Crippen LogP contribution in [0.4, 0.5) is 0 Å². The van der Waals surface area contributed by atoms with Crippen LogP contribution in [0.1, 0.15) is 26.7 Å². The van der Waals surface area contributed by atoms with E-state index in [1.807, 2.05) is 11.8 Å². The van der Waals surface area contributed by atoms with Crippen molar-refractivity contribution in [3.63, 3.8) is 0 Å². The van der Waals surface area contributed by atoms with Gasteiger partial charge in [-0.25, -0.2) is 0 Å². The first-order chi connectivity index (χ1) is 6.56. The quantitative estimate of drug-likeness (QED) is 0.736. The van der Waals surface area contributed by atoms with Gasteiger partial charge in [0.2, 0.25) is 0 Å². The van der Waals surface area contributed by atoms with Crippen LogP contribution in [0.25, 0.3) is 0 Å². The van der Waals surface area contributed by atoms with Crippen molar-refractivity contribution in [3.05, 3.63) is 0 Å². The van der Waals surface area contributed by atoms with Crippen LogP contribution in [-0.2, 0) is 9.53 Å². The Morgan fingerprint density at radius 2 is 2.07 bits per heavy atom. The van der Waals surface area contributed by atoms with E-state index >= 15 is 0 Å². The predicted octanol–water partition coefficient (Wildman–Crippen LogP) is 0.962. The maximum Gasteiger partial charge on any atom is 0.317 e. The van der Waals surface area contributed by atoms with Gasteiger partial charge in [0.25, 0.3) is 0 Å². The molecule has 1 aliphatic heterocycles. The van der Waals surface area contributed by atoms with Crippen molar-refractivity contribution in [1.29, 1.82) is 0 Å². The second-order valence-corrected chi connectivity index (χ2v) is 4.05. The average Bonchev–Trinajstić information content (AvgIpc) is 2.09. The van der Waals surface area contributed by atoms with Gasteiger partial charge >= 0.3 is 5.97 Å². The molecular weight excluding hydrogens is 182 g/mol. The SMILES string of the molecule is CCOC1(C)CCN(CC(=O)O)CC1. The molecule has 14 heavy (non-hydrogen) atoms. The lowest BCUT2D eigenvalue weighted by molar-refractivity contribution is -0.140. The van der Waals surface area contributed by atoms with E-state index < -0.39 is 5.97 Å². The number of aliphatic carboxylic acids is 1. The molecule has 1 aliphatic rings. The van der Waals surface area contributed by atoms with Crippen LogP contribution >= 0.6 is 0 Å². The molecule has 1 heterocycles. The van der Waals surface area contributed by atoms with Crippen molar-refractivity contribution in [1.82, 2.24) is 4.90 Å². The van der Waals surface area contributed by atoms with Gasteiger partial charge in [-0.1, -0.05) is 0 Å². The first kappa shape index (κ1) is 11.5. The molecular formula is C10H19NO3. The van der Waals surface area contributed by atoms with Gasteiger partial charge in [-0.2, -0.15) is 0 Å². The van der Waals surface area contributed by atoms with Gasteiger partial charge in [0, 0.05) is 19.7 Å². The topological polar surface area (TPSA) is 49.8 Å². The third kappa shape index (κ3) is 3.27. The molecule has 0 saturated carbocycles. The highest BCUT2D eigenvalue weighted by Gasteiger charge is 2.30. The molecule has 0 spiro atoms. The third-order valence-electron chi connectivity index (χ3n) is 2.77. The Morgan fingerprint density at radius 1 is 1.50 bits per heavy atom. The number of carbonyl (C=O) groups is 1. The number of nitrogens with zero attached hydrogens (tertiary/aromatic N) is 1. The molecule has 0 unspecified atom stereocenters. The number of carboxylic acids is 1. The van der Waals surface area contributed by atoms with Crippen LogP contribution in [0.2, 0.25) is 0 Å². The van der Waals surface area contributed by atoms with E-state index in [1.54, 1.807) is 0 Å². The molecule has 1 rings (SSSR count). The molecule has 0 aromatic heterocycles. The summed E-state index contributed by atoms with van der Waals surface area (Å²) in [4.78, 5) is 12.4. The summed E-state index contributed by atoms with van der Waals surface area (Å²) in [5.41, 5.74) is -0.0379. The van der Waals surface area contributed by atoms with E-state index in [0.29, 0.717) is 0 Å². The second-order valence-electron chi connectivity index (χ2n) is 4.05. The van der Waals surface area contributed by atoms with E-state index in [4.69, 9.17) is 9.84 Å². The van der Waals surface area contributed by atoms with Gasteiger partial charge < -0.3 is 9.84 Å². The lowest BCUT2D eigenvalue weighted by Crippen LogP contribution is -2.45. The Morgan fingerprint density at radius 3 is 2.50 bits per heavy atom. The highest BCUT2D eigenvalue weighted by molar-refractivity contribution is 5.69. The molecule has 0 aromatic rings. The van der Waals surface area contributed by atoms with E-state index in [2.05, 4.69) is 6.92 Å². The van der Waals surface area contributed by atoms with Gasteiger partial charge in [0.1, 0.15) is 0 Å². The molecule has 0 atom stereocenters. The number of hydrogen-bond acceptors (Lipinski definition) is 3. The standard InChI is InChI=1S/C10H19NO3/c1-3-14-10(2)4-6-11(7-5-10)8-9(12)13/h3-8H2,1-2H3,(H,12,13). The first-order valence-electron chi connectivity index (χ1n) is 5.14. The van der Waals surface area contributed by atoms with Crippen LogP contribution in [-0.4, -0.2) is 47.8 Å². The second kappa shape index (κ2) is 4.75. The number of ether oxygens (including phenoxy) is 1. The van der Waals surface area contributed by atoms with Crippen molar-refractivity contribution in [2.45, 2.75) is 32.3 Å². The zero-order chi connectivity index (χ0) is 10.6. The molecule has 0 amide bonds. The van der Waals surface area contributed by atoms with Crippen LogP contribution in [0.15, 0.2) is 0 Å². The normalized spacial score (nSPS) is 22.1. The monoisotopic (exact) mass is 201 g/mol. The number of carboxylic acid groups (broad SMARTS) is 1. The molecule has 0 bridgehead atoms. The summed E-state index contributed by atoms with van der Waals surface area (Å²) in [6, 6.07) is 0. The van der Waals surface area contributed by atoms with Crippen molar-refractivity contribution in [3.8, 4) is 0 Å².